The Bertz CT molecular complexity index is 4230. The number of ether oxygens (including phenoxy) is 7. The fraction of sp³-hybridized carbons (Fsp3) is 0.358. The fourth-order valence-electron chi connectivity index (χ4n) is 11.1. The highest BCUT2D eigenvalue weighted by molar-refractivity contribution is 6.00. The van der Waals surface area contributed by atoms with Crippen molar-refractivity contribution in [2.75, 3.05) is 99.0 Å². The molecular weight excluding hydrogens is 1520 g/mol. The Balaban J connectivity index is 0.000000246. The highest BCUT2D eigenvalue weighted by Crippen LogP contribution is 2.27. The van der Waals surface area contributed by atoms with Crippen LogP contribution in [0.5, 0.6) is 34.5 Å². The average Bonchev–Trinajstić information content (AvgIpc) is 0.837. The number of carbonyl (C=O) groups excluding carboxylic acids is 8. The molecule has 6 aromatic rings. The molecule has 6 aromatic carbocycles. The summed E-state index contributed by atoms with van der Waals surface area (Å²) in [7, 11) is 1.60. The van der Waals surface area contributed by atoms with Crippen LogP contribution in [0.2, 0.25) is 0 Å². The number of methoxy groups -OCH3 is 1. The molecule has 26 nitrogen and oxygen atoms in total. The lowest BCUT2D eigenvalue weighted by atomic mass is 10.0. The van der Waals surface area contributed by atoms with Gasteiger partial charge in [-0.2, -0.15) is 0 Å². The van der Waals surface area contributed by atoms with Gasteiger partial charge in [-0.3, -0.25) is 28.8 Å². The number of hydrogen-bond donors (Lipinski definition) is 11. The molecule has 0 fully saturated rings. The summed E-state index contributed by atoms with van der Waals surface area (Å²) in [6.07, 6.45) is 5.37. The van der Waals surface area contributed by atoms with Gasteiger partial charge in [0.05, 0.1) is 32.4 Å². The van der Waals surface area contributed by atoms with Gasteiger partial charge in [0, 0.05) is 121 Å². The van der Waals surface area contributed by atoms with E-state index >= 15 is 0 Å². The molecule has 0 saturated heterocycles. The van der Waals surface area contributed by atoms with Gasteiger partial charge >= 0.3 is 12.2 Å². The normalized spacial score (nSPS) is 14.5. The lowest BCUT2D eigenvalue weighted by Crippen LogP contribution is -2.34. The highest BCUT2D eigenvalue weighted by atomic mass is 35.5. The van der Waals surface area contributed by atoms with Crippen molar-refractivity contribution >= 4 is 72.4 Å². The zero-order valence-corrected chi connectivity index (χ0v) is 65.5. The zero-order chi connectivity index (χ0) is 80.6. The van der Waals surface area contributed by atoms with Crippen LogP contribution in [0.15, 0.2) is 157 Å². The molecule has 113 heavy (non-hydrogen) atoms. The Hall–Kier alpha value is -11.3. The monoisotopic (exact) mass is 1610 g/mol. The molecule has 6 heterocycles. The quantitative estimate of drug-likeness (QED) is 0.0336. The van der Waals surface area contributed by atoms with Gasteiger partial charge in [0.1, 0.15) is 72.1 Å². The van der Waals surface area contributed by atoms with Crippen molar-refractivity contribution in [2.45, 2.75) is 91.3 Å². The van der Waals surface area contributed by atoms with E-state index in [4.69, 9.17) is 49.7 Å². The lowest BCUT2D eigenvalue weighted by Gasteiger charge is -2.20. The summed E-state index contributed by atoms with van der Waals surface area (Å²) in [4.78, 5) is 92.7. The van der Waals surface area contributed by atoms with Crippen molar-refractivity contribution in [3.05, 3.63) is 224 Å². The number of hydrogen-bond acceptors (Lipinski definition) is 18. The van der Waals surface area contributed by atoms with E-state index in [-0.39, 0.29) is 130 Å². The van der Waals surface area contributed by atoms with Crippen LogP contribution in [-0.4, -0.2) is 163 Å². The van der Waals surface area contributed by atoms with Crippen molar-refractivity contribution in [3.63, 3.8) is 0 Å². The van der Waals surface area contributed by atoms with E-state index < -0.39 is 23.4 Å². The van der Waals surface area contributed by atoms with Crippen LogP contribution in [0.4, 0.5) is 27.2 Å². The first-order chi connectivity index (χ1) is 53.1. The molecule has 6 aliphatic heterocycles. The molecule has 0 radical (unpaired) electrons. The number of alkyl carbamates (subject to hydrolysis) is 2. The maximum atomic E-state index is 13.0. The fourth-order valence-corrected chi connectivity index (χ4v) is 11.1. The first-order valence-corrected chi connectivity index (χ1v) is 35.8. The second-order valence-corrected chi connectivity index (χ2v) is 27.5. The Labute approximate surface area is 665 Å². The van der Waals surface area contributed by atoms with Gasteiger partial charge in [-0.1, -0.05) is 36.4 Å². The highest BCUT2D eigenvalue weighted by Gasteiger charge is 2.24. The minimum absolute atomic E-state index is 0. The van der Waals surface area contributed by atoms with Gasteiger partial charge in [-0.25, -0.2) is 27.2 Å². The number of carbonyl (C=O) groups is 8. The van der Waals surface area contributed by atoms with Gasteiger partial charge in [-0.05, 0) is 186 Å². The Morgan fingerprint density at radius 2 is 0.619 bits per heavy atom. The van der Waals surface area contributed by atoms with Gasteiger partial charge in [0.25, 0.3) is 35.4 Å². The van der Waals surface area contributed by atoms with E-state index in [1.807, 2.05) is 36.4 Å². The second kappa shape index (κ2) is 45.9. The van der Waals surface area contributed by atoms with Crippen molar-refractivity contribution in [2.24, 2.45) is 11.5 Å². The van der Waals surface area contributed by atoms with Crippen LogP contribution in [-0.2, 0) is 48.0 Å². The molecule has 13 N–H and O–H groups in total. The molecule has 6 aliphatic rings. The summed E-state index contributed by atoms with van der Waals surface area (Å²) in [5.74, 6) is 2.33. The molecule has 0 saturated carbocycles. The number of aromatic hydroxyl groups is 1. The molecule has 0 bridgehead atoms. The summed E-state index contributed by atoms with van der Waals surface area (Å²) in [6.45, 7) is 14.7. The van der Waals surface area contributed by atoms with Crippen molar-refractivity contribution in [1.82, 2.24) is 42.5 Å². The number of phenolic OH excluding ortho intramolecular Hbond substituents is 1. The largest absolute Gasteiger partial charge is 0.508 e. The van der Waals surface area contributed by atoms with E-state index in [1.54, 1.807) is 115 Å². The first kappa shape index (κ1) is 92.3. The van der Waals surface area contributed by atoms with E-state index in [1.165, 1.54) is 6.07 Å². The second-order valence-electron chi connectivity index (χ2n) is 27.5. The maximum Gasteiger partial charge on any atom is 0.407 e. The SMILES string of the molecule is CC(C)(C)OC(=O)NC/C(=C/F)COc1ccc2c(c1)C(=O)NCC2.CC(C)(C)OC(=O)NC/C(=C\F)COc1ccc2c(c1)C(=O)NCC2.COc1ccc2c(c1)C(=O)NCC2.Cl.Cl.NC/C(=C\F)COc1ccc2c(c1)C(=O)NCC2.NC/C(=C\F)COc1ccc2c(c1)C(=O)NCC2.O=C1NCCc2ccc(O)cc21. The van der Waals surface area contributed by atoms with Crippen molar-refractivity contribution < 1.29 is 94.2 Å². The Morgan fingerprint density at radius 3 is 0.858 bits per heavy atom. The summed E-state index contributed by atoms with van der Waals surface area (Å²) in [5, 5.41) is 30.6. The number of halogens is 6. The minimum Gasteiger partial charge on any atom is -0.508 e. The Kier molecular flexibility index (Phi) is 37.4. The van der Waals surface area contributed by atoms with E-state index in [0.29, 0.717) is 120 Å². The number of fused-ring (bicyclic) bond motifs is 6. The molecule has 0 unspecified atom stereocenters. The number of benzene rings is 6. The molecule has 8 amide bonds. The first-order valence-electron chi connectivity index (χ1n) is 35.8. The topological polar surface area (TPSA) is 370 Å². The number of rotatable bonds is 19. The van der Waals surface area contributed by atoms with Gasteiger partial charge in [0.15, 0.2) is 0 Å². The van der Waals surface area contributed by atoms with Crippen LogP contribution < -0.4 is 77.7 Å². The van der Waals surface area contributed by atoms with E-state index in [9.17, 15) is 55.9 Å². The summed E-state index contributed by atoms with van der Waals surface area (Å²) in [6, 6.07) is 31.6. The number of amides is 8. The molecule has 0 aliphatic carbocycles. The Morgan fingerprint density at radius 1 is 0.389 bits per heavy atom. The third-order valence-electron chi connectivity index (χ3n) is 16.8. The van der Waals surface area contributed by atoms with Crippen molar-refractivity contribution in [1.29, 1.82) is 0 Å². The summed E-state index contributed by atoms with van der Waals surface area (Å²) >= 11 is 0. The molecule has 610 valence electrons. The molecule has 12 rings (SSSR count). The lowest BCUT2D eigenvalue weighted by molar-refractivity contribution is 0.0520. The third kappa shape index (κ3) is 30.0. The minimum atomic E-state index is -0.627. The summed E-state index contributed by atoms with van der Waals surface area (Å²) in [5.41, 5.74) is 20.4. The van der Waals surface area contributed by atoms with Crippen LogP contribution >= 0.6 is 24.8 Å². The maximum absolute atomic E-state index is 13.0. The number of nitrogens with one attached hydrogen (secondary N) is 8. The van der Waals surface area contributed by atoms with Crippen LogP contribution in [0.3, 0.4) is 0 Å². The number of nitrogens with two attached hydrogens (primary N) is 2. The number of phenols is 1. The predicted octanol–water partition coefficient (Wildman–Crippen LogP) is 10.3. The van der Waals surface area contributed by atoms with Crippen LogP contribution in [0, 0.1) is 0 Å². The van der Waals surface area contributed by atoms with E-state index in [0.717, 1.165) is 89.8 Å². The third-order valence-corrected chi connectivity index (χ3v) is 16.8. The van der Waals surface area contributed by atoms with Crippen LogP contribution in [0.25, 0.3) is 0 Å². The van der Waals surface area contributed by atoms with E-state index in [2.05, 4.69) is 42.5 Å². The zero-order valence-electron chi connectivity index (χ0n) is 63.9. The standard InChI is InChI=1S/2C18H23FN2O4.2C13H15FN2O2.C10H11NO2.C9H9NO2.2ClH/c2*1-18(2,3)25-17(23)21-10-12(9-19)11-24-14-5-4-13-6-7-20-16(22)15(13)8-14;2*14-6-9(7-15)8-18-11-2-1-10-3-4-16-13(17)12(10)5-11;1-13-8-3-2-7-4-5-11-10(12)9(7)6-8;11-7-2-1-6-3-4-10-9(12)8(6)5-7;;/h2*4-5,8-9H,6-7,10-11H2,1-3H3,(H,20,22)(H,21,23);2*1-2,5-6H,3-4,7-8,15H2,(H,16,17);2-3,6H,4-5H2,1H3,(H,11,12);1-2,5,11H,3-4H2,(H,10,12);2*1H/b12-9+;12-9-;2*9-6+;;;;. The molecule has 0 spiro atoms. The molecule has 0 aromatic heterocycles. The summed E-state index contributed by atoms with van der Waals surface area (Å²) < 4.78 is 87.7. The van der Waals surface area contributed by atoms with Crippen LogP contribution in [0.1, 0.15) is 137 Å². The molecule has 32 heteroatoms. The molecule has 0 atom stereocenters. The predicted molar refractivity (Wildman–Crippen MR) is 423 cm³/mol. The average molecular weight is 1610 g/mol. The van der Waals surface area contributed by atoms with Gasteiger partial charge < -0.3 is 92.3 Å². The van der Waals surface area contributed by atoms with Crippen molar-refractivity contribution in [3.8, 4) is 34.5 Å². The van der Waals surface area contributed by atoms with Gasteiger partial charge in [-0.15, -0.1) is 24.8 Å². The van der Waals surface area contributed by atoms with Gasteiger partial charge in [0.2, 0.25) is 0 Å². The smallest absolute Gasteiger partial charge is 0.407 e. The molecular formula is C81H98Cl2F4N10O16.